The van der Waals surface area contributed by atoms with Gasteiger partial charge < -0.3 is 5.32 Å². The van der Waals surface area contributed by atoms with E-state index in [0.29, 0.717) is 5.56 Å². The summed E-state index contributed by atoms with van der Waals surface area (Å²) in [4.78, 5) is 8.22. The van der Waals surface area contributed by atoms with Crippen LogP contribution in [0.5, 0.6) is 0 Å². The molecule has 2 rings (SSSR count). The second-order valence-corrected chi connectivity index (χ2v) is 3.53. The van der Waals surface area contributed by atoms with E-state index in [1.807, 2.05) is 18.2 Å². The minimum absolute atomic E-state index is 0.612. The van der Waals surface area contributed by atoms with Crippen LogP contribution in [0.25, 0.3) is 0 Å². The fourth-order valence-corrected chi connectivity index (χ4v) is 1.50. The van der Waals surface area contributed by atoms with Crippen LogP contribution in [-0.4, -0.2) is 16.5 Å². The van der Waals surface area contributed by atoms with Gasteiger partial charge in [0.15, 0.2) is 0 Å². The number of nitrogens with zero attached hydrogens (tertiary/aromatic N) is 3. The molecule has 0 aliphatic heterocycles. The largest absolute Gasteiger partial charge is 0.382 e. The highest BCUT2D eigenvalue weighted by molar-refractivity contribution is 5.55. The van der Waals surface area contributed by atoms with E-state index >= 15 is 0 Å². The molecule has 0 aromatic carbocycles. The van der Waals surface area contributed by atoms with Gasteiger partial charge in [0.1, 0.15) is 6.07 Å². The highest BCUT2D eigenvalue weighted by Crippen LogP contribution is 2.11. The molecule has 0 bridgehead atoms. The van der Waals surface area contributed by atoms with Gasteiger partial charge >= 0.3 is 0 Å². The third-order valence-corrected chi connectivity index (χ3v) is 2.36. The topological polar surface area (TPSA) is 61.6 Å². The standard InChI is InChI=1S/C13H12N4/c14-9-11-4-7-15-10-13(11)17-8-5-12-3-1-2-6-16-12/h1-4,6-7,10,17H,5,8H2. The Labute approximate surface area is 100.0 Å². The van der Waals surface area contributed by atoms with Crippen molar-refractivity contribution in [3.63, 3.8) is 0 Å². The number of hydrogen-bond acceptors (Lipinski definition) is 4. The van der Waals surface area contributed by atoms with Crippen LogP contribution in [0.4, 0.5) is 5.69 Å². The molecule has 4 heteroatoms. The molecule has 0 aliphatic carbocycles. The molecule has 0 aliphatic rings. The first-order valence-corrected chi connectivity index (χ1v) is 5.38. The van der Waals surface area contributed by atoms with Crippen LogP contribution in [-0.2, 0) is 6.42 Å². The lowest BCUT2D eigenvalue weighted by atomic mass is 10.2. The summed E-state index contributed by atoms with van der Waals surface area (Å²) in [5.41, 5.74) is 2.41. The molecule has 2 aromatic heterocycles. The Morgan fingerprint density at radius 2 is 2.18 bits per heavy atom. The highest BCUT2D eigenvalue weighted by atomic mass is 14.9. The van der Waals surface area contributed by atoms with Crippen LogP contribution >= 0.6 is 0 Å². The van der Waals surface area contributed by atoms with Crippen molar-refractivity contribution in [1.82, 2.24) is 9.97 Å². The maximum atomic E-state index is 8.90. The lowest BCUT2D eigenvalue weighted by molar-refractivity contribution is 0.959. The number of nitriles is 1. The molecular weight excluding hydrogens is 212 g/mol. The number of pyridine rings is 2. The lowest BCUT2D eigenvalue weighted by Crippen LogP contribution is -2.07. The van der Waals surface area contributed by atoms with Crippen LogP contribution in [0.3, 0.4) is 0 Å². The van der Waals surface area contributed by atoms with Gasteiger partial charge in [-0.25, -0.2) is 0 Å². The summed E-state index contributed by atoms with van der Waals surface area (Å²) in [6, 6.07) is 9.67. The molecule has 0 unspecified atom stereocenters. The summed E-state index contributed by atoms with van der Waals surface area (Å²) in [6.45, 7) is 0.734. The number of anilines is 1. The van der Waals surface area contributed by atoms with Gasteiger partial charge in [-0.3, -0.25) is 9.97 Å². The molecule has 1 N–H and O–H groups in total. The van der Waals surface area contributed by atoms with E-state index < -0.39 is 0 Å². The summed E-state index contributed by atoms with van der Waals surface area (Å²) in [5.74, 6) is 0. The SMILES string of the molecule is N#Cc1ccncc1NCCc1ccccn1. The van der Waals surface area contributed by atoms with Crippen LogP contribution < -0.4 is 5.32 Å². The van der Waals surface area contributed by atoms with Gasteiger partial charge in [0.05, 0.1) is 17.4 Å². The Kier molecular flexibility index (Phi) is 3.66. The number of hydrogen-bond donors (Lipinski definition) is 1. The molecule has 0 radical (unpaired) electrons. The van der Waals surface area contributed by atoms with Crippen LogP contribution in [0.15, 0.2) is 42.9 Å². The number of rotatable bonds is 4. The summed E-state index contributed by atoms with van der Waals surface area (Å²) >= 11 is 0. The van der Waals surface area contributed by atoms with E-state index in [9.17, 15) is 0 Å². The van der Waals surface area contributed by atoms with Gasteiger partial charge in [-0.1, -0.05) is 6.07 Å². The van der Waals surface area contributed by atoms with Crippen molar-refractivity contribution >= 4 is 5.69 Å². The predicted octanol–water partition coefficient (Wildman–Crippen LogP) is 2.00. The molecule has 0 saturated heterocycles. The molecule has 0 fully saturated rings. The fraction of sp³-hybridized carbons (Fsp3) is 0.154. The summed E-state index contributed by atoms with van der Waals surface area (Å²) in [6.07, 6.45) is 5.88. The average Bonchev–Trinajstić information content (AvgIpc) is 2.40. The van der Waals surface area contributed by atoms with Gasteiger partial charge in [0.2, 0.25) is 0 Å². The first-order chi connectivity index (χ1) is 8.40. The van der Waals surface area contributed by atoms with Crippen LogP contribution in [0.1, 0.15) is 11.3 Å². The predicted molar refractivity (Wildman–Crippen MR) is 65.4 cm³/mol. The smallest absolute Gasteiger partial charge is 0.101 e. The van der Waals surface area contributed by atoms with E-state index in [0.717, 1.165) is 24.3 Å². The molecule has 84 valence electrons. The molecular formula is C13H12N4. The minimum atomic E-state index is 0.612. The summed E-state index contributed by atoms with van der Waals surface area (Å²) in [5, 5.41) is 12.1. The normalized spacial score (nSPS) is 9.59. The van der Waals surface area contributed by atoms with Crippen molar-refractivity contribution in [3.8, 4) is 6.07 Å². The molecule has 0 saturated carbocycles. The zero-order valence-corrected chi connectivity index (χ0v) is 9.30. The maximum absolute atomic E-state index is 8.90. The molecule has 4 nitrogen and oxygen atoms in total. The van der Waals surface area contributed by atoms with Crippen molar-refractivity contribution in [2.24, 2.45) is 0 Å². The number of nitrogens with one attached hydrogen (secondary N) is 1. The molecule has 0 atom stereocenters. The molecule has 2 heterocycles. The van der Waals surface area contributed by atoms with Crippen molar-refractivity contribution in [3.05, 3.63) is 54.1 Å². The molecule has 17 heavy (non-hydrogen) atoms. The first-order valence-electron chi connectivity index (χ1n) is 5.38. The Bertz CT molecular complexity index is 516. The van der Waals surface area contributed by atoms with Gasteiger partial charge in [-0.2, -0.15) is 5.26 Å². The van der Waals surface area contributed by atoms with Crippen LogP contribution in [0, 0.1) is 11.3 Å². The van der Waals surface area contributed by atoms with E-state index in [1.54, 1.807) is 24.7 Å². The summed E-state index contributed by atoms with van der Waals surface area (Å²) < 4.78 is 0. The lowest BCUT2D eigenvalue weighted by Gasteiger charge is -2.06. The van der Waals surface area contributed by atoms with E-state index in [1.165, 1.54) is 0 Å². The second-order valence-electron chi connectivity index (χ2n) is 3.53. The second kappa shape index (κ2) is 5.61. The monoisotopic (exact) mass is 224 g/mol. The Balaban J connectivity index is 1.93. The van der Waals surface area contributed by atoms with Crippen molar-refractivity contribution in [2.45, 2.75) is 6.42 Å². The zero-order valence-electron chi connectivity index (χ0n) is 9.30. The summed E-state index contributed by atoms with van der Waals surface area (Å²) in [7, 11) is 0. The van der Waals surface area contributed by atoms with E-state index in [4.69, 9.17) is 5.26 Å². The molecule has 0 amide bonds. The van der Waals surface area contributed by atoms with Crippen molar-refractivity contribution in [2.75, 3.05) is 11.9 Å². The van der Waals surface area contributed by atoms with E-state index in [2.05, 4.69) is 21.4 Å². The Morgan fingerprint density at radius 3 is 2.94 bits per heavy atom. The van der Waals surface area contributed by atoms with Crippen molar-refractivity contribution in [1.29, 1.82) is 5.26 Å². The van der Waals surface area contributed by atoms with Crippen molar-refractivity contribution < 1.29 is 0 Å². The van der Waals surface area contributed by atoms with Gasteiger partial charge in [-0.05, 0) is 18.2 Å². The Morgan fingerprint density at radius 1 is 1.24 bits per heavy atom. The molecule has 0 spiro atoms. The third kappa shape index (κ3) is 3.02. The van der Waals surface area contributed by atoms with Gasteiger partial charge in [0.25, 0.3) is 0 Å². The quantitative estimate of drug-likeness (QED) is 0.862. The Hall–Kier alpha value is -2.41. The first kappa shape index (κ1) is 11.1. The third-order valence-electron chi connectivity index (χ3n) is 2.36. The average molecular weight is 224 g/mol. The zero-order chi connectivity index (χ0) is 11.9. The minimum Gasteiger partial charge on any atom is -0.382 e. The van der Waals surface area contributed by atoms with Gasteiger partial charge in [-0.15, -0.1) is 0 Å². The highest BCUT2D eigenvalue weighted by Gasteiger charge is 2.00. The van der Waals surface area contributed by atoms with E-state index in [-0.39, 0.29) is 0 Å². The fourth-order valence-electron chi connectivity index (χ4n) is 1.50. The van der Waals surface area contributed by atoms with Crippen LogP contribution in [0.2, 0.25) is 0 Å². The number of aromatic nitrogens is 2. The maximum Gasteiger partial charge on any atom is 0.101 e. The molecule has 2 aromatic rings. The van der Waals surface area contributed by atoms with Gasteiger partial charge in [0, 0.05) is 31.1 Å².